The number of carbonyl (C=O) groups excluding carboxylic acids is 1. The summed E-state index contributed by atoms with van der Waals surface area (Å²) in [6, 6.07) is 5.91. The summed E-state index contributed by atoms with van der Waals surface area (Å²) >= 11 is 0. The van der Waals surface area contributed by atoms with Crippen molar-refractivity contribution in [2.24, 2.45) is 0 Å². The van der Waals surface area contributed by atoms with Crippen molar-refractivity contribution in [2.75, 3.05) is 20.3 Å². The molecule has 2 unspecified atom stereocenters. The number of benzene rings is 1. The Hall–Kier alpha value is -1.79. The molecule has 0 amide bonds. The lowest BCUT2D eigenvalue weighted by Gasteiger charge is -2.33. The molecule has 1 aromatic carbocycles. The highest BCUT2D eigenvalue weighted by Gasteiger charge is 2.41. The summed E-state index contributed by atoms with van der Waals surface area (Å²) in [5.74, 6) is 0.715. The van der Waals surface area contributed by atoms with E-state index in [1.165, 1.54) is 7.11 Å². The molecule has 6 heteroatoms. The van der Waals surface area contributed by atoms with Gasteiger partial charge in [-0.05, 0) is 44.9 Å². The summed E-state index contributed by atoms with van der Waals surface area (Å²) in [7, 11) is 1.33. The van der Waals surface area contributed by atoms with Crippen molar-refractivity contribution in [1.29, 1.82) is 0 Å². The van der Waals surface area contributed by atoms with Crippen molar-refractivity contribution in [3.05, 3.63) is 23.8 Å². The maximum Gasteiger partial charge on any atom is 0.353 e. The number of nitrogens with one attached hydrogen (secondary N) is 1. The van der Waals surface area contributed by atoms with Gasteiger partial charge in [0.1, 0.15) is 6.61 Å². The highest BCUT2D eigenvalue weighted by molar-refractivity contribution is 5.80. The number of hydrogen-bond acceptors (Lipinski definition) is 6. The zero-order valence-electron chi connectivity index (χ0n) is 14.1. The van der Waals surface area contributed by atoms with Crippen LogP contribution in [-0.4, -0.2) is 49.1 Å². The maximum atomic E-state index is 11.8. The number of hydrogen-bond donors (Lipinski definition) is 2. The highest BCUT2D eigenvalue weighted by Crippen LogP contribution is 2.36. The molecular formula is C17H25NO5. The molecule has 1 aliphatic rings. The maximum absolute atomic E-state index is 11.8. The minimum atomic E-state index is -1.12. The molecule has 0 aliphatic carbocycles. The molecule has 1 aromatic rings. The molecule has 0 spiro atoms. The number of methoxy groups -OCH3 is 1. The lowest BCUT2D eigenvalue weighted by Crippen LogP contribution is -2.49. The SMILES string of the molecule is COC(=O)C1(C)COc2cc(C[C@@H](C)NCC(C)O)ccc2O1. The van der Waals surface area contributed by atoms with Crippen LogP contribution in [0.5, 0.6) is 11.5 Å². The van der Waals surface area contributed by atoms with Gasteiger partial charge in [-0.3, -0.25) is 0 Å². The summed E-state index contributed by atoms with van der Waals surface area (Å²) in [5, 5.41) is 12.6. The van der Waals surface area contributed by atoms with E-state index in [4.69, 9.17) is 14.2 Å². The second-order valence-electron chi connectivity index (χ2n) is 6.26. The topological polar surface area (TPSA) is 77.0 Å². The van der Waals surface area contributed by atoms with E-state index < -0.39 is 11.6 Å². The van der Waals surface area contributed by atoms with Gasteiger partial charge < -0.3 is 24.6 Å². The van der Waals surface area contributed by atoms with Crippen LogP contribution in [0.2, 0.25) is 0 Å². The highest BCUT2D eigenvalue weighted by atomic mass is 16.6. The van der Waals surface area contributed by atoms with Crippen molar-refractivity contribution in [1.82, 2.24) is 5.32 Å². The number of aliphatic hydroxyl groups is 1. The van der Waals surface area contributed by atoms with E-state index >= 15 is 0 Å². The zero-order chi connectivity index (χ0) is 17.0. The van der Waals surface area contributed by atoms with Crippen molar-refractivity contribution in [3.63, 3.8) is 0 Å². The molecule has 0 radical (unpaired) electrons. The van der Waals surface area contributed by atoms with Gasteiger partial charge in [-0.1, -0.05) is 6.07 Å². The van der Waals surface area contributed by atoms with Crippen LogP contribution in [0, 0.1) is 0 Å². The van der Waals surface area contributed by atoms with Gasteiger partial charge in [0, 0.05) is 12.6 Å². The minimum absolute atomic E-state index is 0.117. The van der Waals surface area contributed by atoms with Crippen LogP contribution in [0.3, 0.4) is 0 Å². The first-order valence-corrected chi connectivity index (χ1v) is 7.78. The summed E-state index contributed by atoms with van der Waals surface area (Å²) in [6.07, 6.45) is 0.436. The molecule has 2 rings (SSSR count). The first-order chi connectivity index (χ1) is 10.8. The van der Waals surface area contributed by atoms with E-state index in [0.717, 1.165) is 12.0 Å². The number of aliphatic hydroxyl groups excluding tert-OH is 1. The van der Waals surface area contributed by atoms with Crippen LogP contribution in [-0.2, 0) is 16.0 Å². The van der Waals surface area contributed by atoms with E-state index in [1.807, 2.05) is 18.2 Å². The number of carbonyl (C=O) groups is 1. The lowest BCUT2D eigenvalue weighted by atomic mass is 10.0. The fourth-order valence-electron chi connectivity index (χ4n) is 2.48. The smallest absolute Gasteiger partial charge is 0.353 e. The van der Waals surface area contributed by atoms with Gasteiger partial charge in [0.25, 0.3) is 0 Å². The van der Waals surface area contributed by atoms with Crippen LogP contribution >= 0.6 is 0 Å². The monoisotopic (exact) mass is 323 g/mol. The van der Waals surface area contributed by atoms with E-state index in [0.29, 0.717) is 18.0 Å². The normalized spacial score (nSPS) is 22.3. The number of fused-ring (bicyclic) bond motifs is 1. The van der Waals surface area contributed by atoms with E-state index in [2.05, 4.69) is 12.2 Å². The molecule has 6 nitrogen and oxygen atoms in total. The molecule has 1 aliphatic heterocycles. The average Bonchev–Trinajstić information content (AvgIpc) is 2.52. The Kier molecular flexibility index (Phi) is 5.49. The zero-order valence-corrected chi connectivity index (χ0v) is 14.1. The number of ether oxygens (including phenoxy) is 3. The fraction of sp³-hybridized carbons (Fsp3) is 0.588. The standard InChI is InChI=1S/C17H25NO5/c1-11(18-9-12(2)19)7-13-5-6-14-15(8-13)22-10-17(3,23-14)16(20)21-4/h5-6,8,11-12,18-19H,7,9-10H2,1-4H3/t11-,12?,17?/m1/s1. The minimum Gasteiger partial charge on any atom is -0.485 e. The summed E-state index contributed by atoms with van der Waals surface area (Å²) in [6.45, 7) is 6.14. The van der Waals surface area contributed by atoms with E-state index in [-0.39, 0.29) is 18.8 Å². The summed E-state index contributed by atoms with van der Waals surface area (Å²) < 4.78 is 16.2. The van der Waals surface area contributed by atoms with Crippen LogP contribution in [0.25, 0.3) is 0 Å². The molecule has 0 bridgehead atoms. The van der Waals surface area contributed by atoms with Gasteiger partial charge in [0.05, 0.1) is 13.2 Å². The number of esters is 1. The molecule has 3 atom stereocenters. The molecule has 0 fully saturated rings. The molecule has 23 heavy (non-hydrogen) atoms. The lowest BCUT2D eigenvalue weighted by molar-refractivity contribution is -0.162. The summed E-state index contributed by atoms with van der Waals surface area (Å²) in [4.78, 5) is 11.8. The quantitative estimate of drug-likeness (QED) is 0.768. The molecular weight excluding hydrogens is 298 g/mol. The molecule has 2 N–H and O–H groups in total. The molecule has 0 aromatic heterocycles. The number of rotatable bonds is 6. The second-order valence-corrected chi connectivity index (χ2v) is 6.26. The van der Waals surface area contributed by atoms with Crippen molar-refractivity contribution in [2.45, 2.75) is 44.9 Å². The average molecular weight is 323 g/mol. The Morgan fingerprint density at radius 1 is 1.43 bits per heavy atom. The van der Waals surface area contributed by atoms with Gasteiger partial charge in [-0.15, -0.1) is 0 Å². The predicted octanol–water partition coefficient (Wildman–Crippen LogP) is 1.29. The Balaban J connectivity index is 2.03. The molecule has 128 valence electrons. The van der Waals surface area contributed by atoms with Crippen molar-refractivity contribution >= 4 is 5.97 Å². The molecule has 1 heterocycles. The van der Waals surface area contributed by atoms with Crippen molar-refractivity contribution in [3.8, 4) is 11.5 Å². The van der Waals surface area contributed by atoms with Crippen molar-refractivity contribution < 1.29 is 24.1 Å². The predicted molar refractivity (Wildman–Crippen MR) is 85.8 cm³/mol. The third-order valence-corrected chi connectivity index (χ3v) is 3.77. The summed E-state index contributed by atoms with van der Waals surface area (Å²) in [5.41, 5.74) is -0.0188. The van der Waals surface area contributed by atoms with Gasteiger partial charge in [0.15, 0.2) is 11.5 Å². The van der Waals surface area contributed by atoms with Gasteiger partial charge >= 0.3 is 5.97 Å². The van der Waals surface area contributed by atoms with Gasteiger partial charge in [-0.25, -0.2) is 4.79 Å². The van der Waals surface area contributed by atoms with Gasteiger partial charge in [0.2, 0.25) is 5.60 Å². The molecule has 0 saturated carbocycles. The third kappa shape index (κ3) is 4.36. The van der Waals surface area contributed by atoms with Crippen LogP contribution in [0.1, 0.15) is 26.3 Å². The fourth-order valence-corrected chi connectivity index (χ4v) is 2.48. The molecule has 0 saturated heterocycles. The Morgan fingerprint density at radius 2 is 2.17 bits per heavy atom. The van der Waals surface area contributed by atoms with Crippen LogP contribution < -0.4 is 14.8 Å². The second kappa shape index (κ2) is 7.19. The van der Waals surface area contributed by atoms with Crippen LogP contribution in [0.15, 0.2) is 18.2 Å². The van der Waals surface area contributed by atoms with Crippen LogP contribution in [0.4, 0.5) is 0 Å². The largest absolute Gasteiger partial charge is 0.485 e. The first-order valence-electron chi connectivity index (χ1n) is 7.78. The first kappa shape index (κ1) is 17.6. The Morgan fingerprint density at radius 3 is 2.83 bits per heavy atom. The Bertz CT molecular complexity index is 560. The third-order valence-electron chi connectivity index (χ3n) is 3.77. The van der Waals surface area contributed by atoms with E-state index in [9.17, 15) is 9.90 Å². The van der Waals surface area contributed by atoms with E-state index in [1.54, 1.807) is 13.8 Å². The Labute approximate surface area is 136 Å². The van der Waals surface area contributed by atoms with Gasteiger partial charge in [-0.2, -0.15) is 0 Å².